The number of halogens is 1. The lowest BCUT2D eigenvalue weighted by Crippen LogP contribution is -2.50. The predicted octanol–water partition coefficient (Wildman–Crippen LogP) is 1.60. The average molecular weight is 229 g/mol. The molecule has 0 unspecified atom stereocenters. The third-order valence-electron chi connectivity index (χ3n) is 2.17. The number of hydrogen-bond donors (Lipinski definition) is 1. The van der Waals surface area contributed by atoms with Crippen molar-refractivity contribution in [2.75, 3.05) is 13.1 Å². The number of rotatable bonds is 3. The third kappa shape index (κ3) is 2.03. The summed E-state index contributed by atoms with van der Waals surface area (Å²) in [6.45, 7) is 1.42. The molecule has 0 saturated carbocycles. The van der Waals surface area contributed by atoms with Crippen LogP contribution in [0.3, 0.4) is 0 Å². The van der Waals surface area contributed by atoms with Gasteiger partial charge in [0.05, 0.1) is 4.92 Å². The molecule has 80 valence electrons. The van der Waals surface area contributed by atoms with Crippen LogP contribution in [0.1, 0.15) is 0 Å². The number of benzene rings is 1. The van der Waals surface area contributed by atoms with E-state index >= 15 is 0 Å². The van der Waals surface area contributed by atoms with Gasteiger partial charge >= 0.3 is 5.69 Å². The van der Waals surface area contributed by atoms with E-state index in [0.717, 1.165) is 0 Å². The lowest BCUT2D eigenvalue weighted by Gasteiger charge is -2.27. The quantitative estimate of drug-likeness (QED) is 0.631. The molecule has 0 radical (unpaired) electrons. The molecule has 6 heteroatoms. The Morgan fingerprint density at radius 1 is 1.53 bits per heavy atom. The summed E-state index contributed by atoms with van der Waals surface area (Å²) in [5.41, 5.74) is -0.161. The highest BCUT2D eigenvalue weighted by Crippen LogP contribution is 2.34. The van der Waals surface area contributed by atoms with E-state index < -0.39 is 4.92 Å². The molecule has 1 heterocycles. The Bertz CT molecular complexity index is 393. The van der Waals surface area contributed by atoms with E-state index in [2.05, 4.69) is 5.32 Å². The van der Waals surface area contributed by atoms with Gasteiger partial charge in [-0.15, -0.1) is 0 Å². The highest BCUT2D eigenvalue weighted by atomic mass is 35.5. The average Bonchev–Trinajstić information content (AvgIpc) is 2.10. The topological polar surface area (TPSA) is 64.4 Å². The fourth-order valence-corrected chi connectivity index (χ4v) is 1.53. The molecule has 1 aromatic carbocycles. The van der Waals surface area contributed by atoms with Crippen molar-refractivity contribution in [3.8, 4) is 5.75 Å². The van der Waals surface area contributed by atoms with Crippen LogP contribution in [0.25, 0.3) is 0 Å². The van der Waals surface area contributed by atoms with Crippen molar-refractivity contribution < 1.29 is 9.66 Å². The van der Waals surface area contributed by atoms with Gasteiger partial charge in [-0.05, 0) is 12.1 Å². The molecule has 0 aromatic heterocycles. The lowest BCUT2D eigenvalue weighted by atomic mass is 10.2. The van der Waals surface area contributed by atoms with E-state index in [0.29, 0.717) is 13.1 Å². The van der Waals surface area contributed by atoms with Crippen LogP contribution in [0, 0.1) is 10.1 Å². The molecule has 1 aromatic rings. The van der Waals surface area contributed by atoms with Gasteiger partial charge in [-0.1, -0.05) is 17.7 Å². The van der Waals surface area contributed by atoms with Crippen molar-refractivity contribution in [2.45, 2.75) is 6.10 Å². The van der Waals surface area contributed by atoms with Crippen molar-refractivity contribution >= 4 is 17.3 Å². The van der Waals surface area contributed by atoms with E-state index in [9.17, 15) is 10.1 Å². The Morgan fingerprint density at radius 2 is 2.27 bits per heavy atom. The van der Waals surface area contributed by atoms with Gasteiger partial charge in [0.15, 0.2) is 5.75 Å². The highest BCUT2D eigenvalue weighted by Gasteiger charge is 2.25. The largest absolute Gasteiger partial charge is 0.481 e. The molecule has 1 aliphatic heterocycles. The van der Waals surface area contributed by atoms with E-state index in [4.69, 9.17) is 16.3 Å². The first-order chi connectivity index (χ1) is 7.18. The lowest BCUT2D eigenvalue weighted by molar-refractivity contribution is -0.385. The maximum atomic E-state index is 10.8. The SMILES string of the molecule is O=[N+]([O-])c1c(Cl)cccc1OC1CNC1. The molecular weight excluding hydrogens is 220 g/mol. The molecule has 2 rings (SSSR count). The van der Waals surface area contributed by atoms with Crippen LogP contribution in [0.15, 0.2) is 18.2 Å². The van der Waals surface area contributed by atoms with Crippen molar-refractivity contribution in [3.05, 3.63) is 33.3 Å². The van der Waals surface area contributed by atoms with E-state index in [-0.39, 0.29) is 22.6 Å². The molecule has 0 amide bonds. The standard InChI is InChI=1S/C9H9ClN2O3/c10-7-2-1-3-8(9(7)12(13)14)15-6-4-11-5-6/h1-3,6,11H,4-5H2. The maximum Gasteiger partial charge on any atom is 0.329 e. The zero-order valence-electron chi connectivity index (χ0n) is 7.77. The first-order valence-electron chi connectivity index (χ1n) is 4.49. The Kier molecular flexibility index (Phi) is 2.75. The molecule has 0 aliphatic carbocycles. The summed E-state index contributed by atoms with van der Waals surface area (Å²) >= 11 is 5.73. The molecular formula is C9H9ClN2O3. The molecule has 1 saturated heterocycles. The molecule has 15 heavy (non-hydrogen) atoms. The zero-order valence-corrected chi connectivity index (χ0v) is 8.53. The van der Waals surface area contributed by atoms with Crippen molar-refractivity contribution in [3.63, 3.8) is 0 Å². The molecule has 1 fully saturated rings. The smallest absolute Gasteiger partial charge is 0.329 e. The minimum atomic E-state index is -0.524. The molecule has 1 N–H and O–H groups in total. The fraction of sp³-hybridized carbons (Fsp3) is 0.333. The summed E-state index contributed by atoms with van der Waals surface area (Å²) in [6.07, 6.45) is 0.00201. The van der Waals surface area contributed by atoms with Crippen molar-refractivity contribution in [2.24, 2.45) is 0 Å². The molecule has 0 bridgehead atoms. The van der Waals surface area contributed by atoms with Crippen LogP contribution < -0.4 is 10.1 Å². The van der Waals surface area contributed by atoms with Crippen LogP contribution in [-0.4, -0.2) is 24.1 Å². The molecule has 1 aliphatic rings. The second-order valence-corrected chi connectivity index (χ2v) is 3.65. The monoisotopic (exact) mass is 228 g/mol. The minimum Gasteiger partial charge on any atom is -0.481 e. The van der Waals surface area contributed by atoms with Crippen LogP contribution in [0.5, 0.6) is 5.75 Å². The summed E-state index contributed by atoms with van der Waals surface area (Å²) in [5.74, 6) is 0.235. The molecule has 0 atom stereocenters. The summed E-state index contributed by atoms with van der Waals surface area (Å²) in [4.78, 5) is 10.2. The number of nitrogens with zero attached hydrogens (tertiary/aromatic N) is 1. The van der Waals surface area contributed by atoms with Gasteiger partial charge in [0.2, 0.25) is 0 Å². The molecule has 5 nitrogen and oxygen atoms in total. The van der Waals surface area contributed by atoms with E-state index in [1.165, 1.54) is 6.07 Å². The second-order valence-electron chi connectivity index (χ2n) is 3.24. The Balaban J connectivity index is 2.27. The van der Waals surface area contributed by atoms with Gasteiger partial charge in [-0.2, -0.15) is 0 Å². The Morgan fingerprint density at radius 3 is 2.80 bits per heavy atom. The van der Waals surface area contributed by atoms with Gasteiger partial charge in [0.25, 0.3) is 0 Å². The van der Waals surface area contributed by atoms with Crippen LogP contribution >= 0.6 is 11.6 Å². The number of ether oxygens (including phenoxy) is 1. The van der Waals surface area contributed by atoms with Gasteiger partial charge in [-0.25, -0.2) is 0 Å². The first-order valence-corrected chi connectivity index (χ1v) is 4.86. The van der Waals surface area contributed by atoms with E-state index in [1.807, 2.05) is 0 Å². The van der Waals surface area contributed by atoms with Crippen LogP contribution in [0.4, 0.5) is 5.69 Å². The zero-order chi connectivity index (χ0) is 10.8. The Labute approximate surface area is 91.1 Å². The summed E-state index contributed by atoms with van der Waals surface area (Å²) in [6, 6.07) is 4.67. The summed E-state index contributed by atoms with van der Waals surface area (Å²) < 4.78 is 5.43. The van der Waals surface area contributed by atoms with Crippen molar-refractivity contribution in [1.29, 1.82) is 0 Å². The molecule has 0 spiro atoms. The van der Waals surface area contributed by atoms with Gasteiger partial charge in [-0.3, -0.25) is 10.1 Å². The number of nitrogens with one attached hydrogen (secondary N) is 1. The van der Waals surface area contributed by atoms with Crippen LogP contribution in [0.2, 0.25) is 5.02 Å². The number of nitro benzene ring substituents is 1. The third-order valence-corrected chi connectivity index (χ3v) is 2.47. The summed E-state index contributed by atoms with van der Waals surface area (Å²) in [7, 11) is 0. The first kappa shape index (κ1) is 10.2. The number of nitro groups is 1. The minimum absolute atomic E-state index is 0.00201. The number of hydrogen-bond acceptors (Lipinski definition) is 4. The van der Waals surface area contributed by atoms with Gasteiger partial charge in [0, 0.05) is 13.1 Å². The van der Waals surface area contributed by atoms with Crippen LogP contribution in [-0.2, 0) is 0 Å². The number of para-hydroxylation sites is 1. The fourth-order valence-electron chi connectivity index (χ4n) is 1.29. The Hall–Kier alpha value is -1.33. The van der Waals surface area contributed by atoms with Gasteiger partial charge in [0.1, 0.15) is 11.1 Å². The predicted molar refractivity (Wildman–Crippen MR) is 55.4 cm³/mol. The summed E-state index contributed by atoms with van der Waals surface area (Å²) in [5, 5.41) is 13.9. The van der Waals surface area contributed by atoms with Gasteiger partial charge < -0.3 is 10.1 Å². The van der Waals surface area contributed by atoms with Crippen molar-refractivity contribution in [1.82, 2.24) is 5.32 Å². The maximum absolute atomic E-state index is 10.8. The highest BCUT2D eigenvalue weighted by molar-refractivity contribution is 6.32. The normalized spacial score (nSPS) is 15.8. The van der Waals surface area contributed by atoms with E-state index in [1.54, 1.807) is 12.1 Å². The second kappa shape index (κ2) is 4.04.